The van der Waals surface area contributed by atoms with Gasteiger partial charge in [-0.2, -0.15) is 0 Å². The standard InChI is InChI=1S/C28H45ClN6O3.ClH/c1-21(19-31-38-4)28(37)35(24-8-6-5-7-9-24)25-14-16-34(20-25)32-27(36)26(30-15-17-33(2)3)18-22-10-12-23(29)13-11-22;/h10-13,19,21,24-26,30H,5-9,14-18,20H2,1-4H3,(H,32,36);1H/t21?,25-,26+;/m0./s1. The number of nitrogens with one attached hydrogen (secondary N) is 2. The Labute approximate surface area is 245 Å². The van der Waals surface area contributed by atoms with Crippen LogP contribution in [0.1, 0.15) is 51.0 Å². The van der Waals surface area contributed by atoms with Crippen molar-refractivity contribution in [2.75, 3.05) is 47.4 Å². The number of carbonyl (C=O) groups excluding carboxylic acids is 2. The molecular weight excluding hydrogens is 539 g/mol. The van der Waals surface area contributed by atoms with Gasteiger partial charge in [0.05, 0.1) is 18.2 Å². The van der Waals surface area contributed by atoms with E-state index in [0.29, 0.717) is 31.1 Å². The summed E-state index contributed by atoms with van der Waals surface area (Å²) in [6.07, 6.45) is 8.54. The highest BCUT2D eigenvalue weighted by molar-refractivity contribution is 6.30. The first kappa shape index (κ1) is 33.3. The molecule has 0 aromatic heterocycles. The summed E-state index contributed by atoms with van der Waals surface area (Å²) in [7, 11) is 5.52. The first-order valence-electron chi connectivity index (χ1n) is 13.8. The molecule has 11 heteroatoms. The quantitative estimate of drug-likeness (QED) is 0.273. The summed E-state index contributed by atoms with van der Waals surface area (Å²) in [5, 5.41) is 9.92. The lowest BCUT2D eigenvalue weighted by atomic mass is 9.92. The number of hydrogen-bond acceptors (Lipinski definition) is 7. The third-order valence-corrected chi connectivity index (χ3v) is 7.70. The third-order valence-electron chi connectivity index (χ3n) is 7.45. The molecule has 1 aliphatic heterocycles. The average Bonchev–Trinajstić information content (AvgIpc) is 3.36. The van der Waals surface area contributed by atoms with Crippen molar-refractivity contribution >= 4 is 42.0 Å². The predicted octanol–water partition coefficient (Wildman–Crippen LogP) is 3.36. The van der Waals surface area contributed by atoms with Crippen molar-refractivity contribution in [3.05, 3.63) is 34.9 Å². The lowest BCUT2D eigenvalue weighted by molar-refractivity contribution is -0.138. The molecule has 3 atom stereocenters. The van der Waals surface area contributed by atoms with E-state index in [1.165, 1.54) is 13.5 Å². The van der Waals surface area contributed by atoms with Crippen molar-refractivity contribution < 1.29 is 14.4 Å². The van der Waals surface area contributed by atoms with Crippen LogP contribution in [0.25, 0.3) is 0 Å². The van der Waals surface area contributed by atoms with Gasteiger partial charge in [0.15, 0.2) is 0 Å². The molecule has 0 radical (unpaired) electrons. The van der Waals surface area contributed by atoms with Gasteiger partial charge in [0.1, 0.15) is 7.11 Å². The monoisotopic (exact) mass is 584 g/mol. The van der Waals surface area contributed by atoms with E-state index < -0.39 is 0 Å². The van der Waals surface area contributed by atoms with Crippen LogP contribution in [0.3, 0.4) is 0 Å². The number of oxime groups is 1. The maximum atomic E-state index is 13.5. The van der Waals surface area contributed by atoms with Crippen molar-refractivity contribution in [1.29, 1.82) is 0 Å². The van der Waals surface area contributed by atoms with Crippen LogP contribution in [0.15, 0.2) is 29.4 Å². The Bertz CT molecular complexity index is 911. The number of likely N-dealkylation sites (N-methyl/N-ethyl adjacent to an activating group) is 1. The average molecular weight is 586 g/mol. The van der Waals surface area contributed by atoms with E-state index in [4.69, 9.17) is 16.4 Å². The van der Waals surface area contributed by atoms with Crippen LogP contribution >= 0.6 is 24.0 Å². The Morgan fingerprint density at radius 3 is 2.49 bits per heavy atom. The minimum Gasteiger partial charge on any atom is -0.399 e. The van der Waals surface area contributed by atoms with Gasteiger partial charge in [-0.1, -0.05) is 48.2 Å². The molecule has 2 amide bonds. The van der Waals surface area contributed by atoms with Gasteiger partial charge in [-0.25, -0.2) is 5.01 Å². The van der Waals surface area contributed by atoms with Crippen LogP contribution < -0.4 is 10.7 Å². The fraction of sp³-hybridized carbons (Fsp3) is 0.679. The molecule has 1 aliphatic carbocycles. The summed E-state index contributed by atoms with van der Waals surface area (Å²) in [4.78, 5) is 35.9. The van der Waals surface area contributed by atoms with Gasteiger partial charge >= 0.3 is 0 Å². The van der Waals surface area contributed by atoms with Crippen LogP contribution in [0, 0.1) is 5.92 Å². The fourth-order valence-electron chi connectivity index (χ4n) is 5.35. The fourth-order valence-corrected chi connectivity index (χ4v) is 5.47. The van der Waals surface area contributed by atoms with Gasteiger partial charge in [-0.3, -0.25) is 15.0 Å². The molecule has 9 nitrogen and oxygen atoms in total. The smallest absolute Gasteiger partial charge is 0.251 e. The van der Waals surface area contributed by atoms with E-state index in [0.717, 1.165) is 44.2 Å². The molecular formula is C28H46Cl2N6O3. The number of amides is 2. The number of rotatable bonds is 13. The zero-order chi connectivity index (χ0) is 27.5. The summed E-state index contributed by atoms with van der Waals surface area (Å²) < 4.78 is 0. The second-order valence-corrected chi connectivity index (χ2v) is 11.2. The number of carbonyl (C=O) groups is 2. The zero-order valence-electron chi connectivity index (χ0n) is 23.8. The van der Waals surface area contributed by atoms with E-state index in [-0.39, 0.29) is 48.3 Å². The van der Waals surface area contributed by atoms with Gasteiger partial charge in [0.2, 0.25) is 5.91 Å². The highest BCUT2D eigenvalue weighted by atomic mass is 35.5. The van der Waals surface area contributed by atoms with E-state index in [2.05, 4.69) is 25.7 Å². The Hall–Kier alpha value is -1.91. The highest BCUT2D eigenvalue weighted by Crippen LogP contribution is 2.28. The van der Waals surface area contributed by atoms with Crippen molar-refractivity contribution in [1.82, 2.24) is 25.6 Å². The predicted molar refractivity (Wildman–Crippen MR) is 159 cm³/mol. The number of hydrogen-bond donors (Lipinski definition) is 2. The van der Waals surface area contributed by atoms with Crippen molar-refractivity contribution in [3.8, 4) is 0 Å². The van der Waals surface area contributed by atoms with E-state index in [1.54, 1.807) is 6.21 Å². The lowest BCUT2D eigenvalue weighted by Crippen LogP contribution is -2.54. The molecule has 1 heterocycles. The molecule has 1 saturated carbocycles. The molecule has 2 N–H and O–H groups in total. The number of hydrazine groups is 1. The van der Waals surface area contributed by atoms with Crippen molar-refractivity contribution in [3.63, 3.8) is 0 Å². The highest BCUT2D eigenvalue weighted by Gasteiger charge is 2.38. The van der Waals surface area contributed by atoms with Gasteiger partial charge in [-0.15, -0.1) is 12.4 Å². The van der Waals surface area contributed by atoms with Gasteiger partial charge < -0.3 is 20.0 Å². The minimum atomic E-state index is -0.378. The first-order valence-corrected chi connectivity index (χ1v) is 14.2. The second kappa shape index (κ2) is 17.0. The van der Waals surface area contributed by atoms with Gasteiger partial charge in [0.25, 0.3) is 5.91 Å². The van der Waals surface area contributed by atoms with Crippen LogP contribution in [0.5, 0.6) is 0 Å². The normalized spacial score (nSPS) is 20.0. The third kappa shape index (κ3) is 10.5. The lowest BCUT2D eigenvalue weighted by Gasteiger charge is -2.39. The maximum Gasteiger partial charge on any atom is 0.251 e. The Morgan fingerprint density at radius 1 is 1.15 bits per heavy atom. The first-order chi connectivity index (χ1) is 18.3. The zero-order valence-corrected chi connectivity index (χ0v) is 25.3. The molecule has 1 aromatic rings. The second-order valence-electron chi connectivity index (χ2n) is 10.8. The summed E-state index contributed by atoms with van der Waals surface area (Å²) in [6, 6.07) is 7.55. The SMILES string of the molecule is CON=CC(C)C(=O)N(C1CCCCC1)[C@H]1CCN(NC(=O)[C@@H](Cc2ccc(Cl)cc2)NCCN(C)C)C1.Cl. The molecule has 39 heavy (non-hydrogen) atoms. The Kier molecular flexibility index (Phi) is 14.5. The van der Waals surface area contributed by atoms with Crippen LogP contribution in [-0.4, -0.2) is 98.3 Å². The van der Waals surface area contributed by atoms with Gasteiger partial charge in [-0.05, 0) is 64.4 Å². The van der Waals surface area contributed by atoms with E-state index >= 15 is 0 Å². The number of nitrogens with zero attached hydrogens (tertiary/aromatic N) is 4. The topological polar surface area (TPSA) is 89.5 Å². The van der Waals surface area contributed by atoms with E-state index in [1.807, 2.05) is 50.3 Å². The molecule has 1 aromatic carbocycles. The van der Waals surface area contributed by atoms with Crippen molar-refractivity contribution in [2.24, 2.45) is 11.1 Å². The largest absolute Gasteiger partial charge is 0.399 e. The molecule has 2 aliphatic rings. The molecule has 1 unspecified atom stereocenters. The maximum absolute atomic E-state index is 13.5. The van der Waals surface area contributed by atoms with Gasteiger partial charge in [0, 0.05) is 43.3 Å². The van der Waals surface area contributed by atoms with Crippen LogP contribution in [0.4, 0.5) is 0 Å². The van der Waals surface area contributed by atoms with E-state index in [9.17, 15) is 9.59 Å². The molecule has 0 bridgehead atoms. The molecule has 220 valence electrons. The summed E-state index contributed by atoms with van der Waals surface area (Å²) >= 11 is 6.06. The minimum absolute atomic E-state index is 0. The Balaban J connectivity index is 0.00000533. The summed E-state index contributed by atoms with van der Waals surface area (Å²) in [5.41, 5.74) is 4.20. The van der Waals surface area contributed by atoms with Crippen LogP contribution in [0.2, 0.25) is 5.02 Å². The van der Waals surface area contributed by atoms with Crippen LogP contribution in [-0.2, 0) is 20.8 Å². The summed E-state index contributed by atoms with van der Waals surface area (Å²) in [6.45, 7) is 4.73. The molecule has 2 fully saturated rings. The molecule has 0 spiro atoms. The molecule has 3 rings (SSSR count). The number of halogens is 2. The molecule has 1 saturated heterocycles. The Morgan fingerprint density at radius 2 is 1.85 bits per heavy atom. The summed E-state index contributed by atoms with van der Waals surface area (Å²) in [5.74, 6) is -0.331. The number of benzene rings is 1. The van der Waals surface area contributed by atoms with Crippen molar-refractivity contribution in [2.45, 2.75) is 70.0 Å².